The molecule has 95 heavy (non-hydrogen) atoms. The number of rotatable bonds is 12. The molecule has 6 aliphatic heterocycles. The standard InChI is InChI=1S/C21H26N2O9S4.C14H20N2O5S2.C12H15NO5S2.C9H4.C5H9NO/c1-33(24,25)17-3-7-19(8-4-17)35(28,29)22-13-11-21(12-14-22)23(15-16-32-21)36(30,31)20-9-5-18(6-10-20)34(2,26)27;1-22(17,18)12-2-4-13(5-3-12)23(19,20)16-9-6-14(7-10-16)15-8-11-21-14;1-19(15,16)11-2-4-12(5-3-11)20(17,18)13-8-6-10(14)7-9-13;1-3-5-7-9-8-6-4-2;7-5-1-3-6-4-2-5/h3-10H,11-16H2,1-2H3;2-5,15H,6-11H2,1H3;2-5H,6-9H2,1H3;1H,2H3;6H,1-4H2. The normalized spacial score (nSPS) is 18.9. The topological polar surface area (TPSA) is 363 Å². The lowest BCUT2D eigenvalue weighted by molar-refractivity contribution is -0.121. The molecule has 4 aromatic rings. The van der Waals surface area contributed by atoms with Crippen molar-refractivity contribution >= 4 is 91.0 Å². The van der Waals surface area contributed by atoms with Crippen molar-refractivity contribution in [3.63, 3.8) is 0 Å². The predicted octanol–water partition coefficient (Wildman–Crippen LogP) is 1.92. The molecule has 6 saturated heterocycles. The summed E-state index contributed by atoms with van der Waals surface area (Å²) < 4.78 is 212. The summed E-state index contributed by atoms with van der Waals surface area (Å²) in [5, 5.41) is 6.39. The molecule has 0 aromatic heterocycles. The Hall–Kier alpha value is -6.26. The van der Waals surface area contributed by atoms with E-state index in [2.05, 4.69) is 52.1 Å². The molecule has 0 bridgehead atoms. The Bertz CT molecular complexity index is 4630. The van der Waals surface area contributed by atoms with E-state index < -0.39 is 85.2 Å². The Morgan fingerprint density at radius 3 is 1.04 bits per heavy atom. The van der Waals surface area contributed by atoms with Gasteiger partial charge in [-0.1, -0.05) is 5.92 Å². The summed E-state index contributed by atoms with van der Waals surface area (Å²) in [5.74, 6) is 17.4. The largest absolute Gasteiger partial charge is 0.359 e. The summed E-state index contributed by atoms with van der Waals surface area (Å²) in [6.07, 6.45) is 12.3. The molecule has 26 nitrogen and oxygen atoms in total. The molecular formula is C61H74N6O20S8. The second-order valence-electron chi connectivity index (χ2n) is 22.2. The molecule has 6 aliphatic rings. The van der Waals surface area contributed by atoms with Crippen LogP contribution in [0, 0.1) is 47.9 Å². The highest BCUT2D eigenvalue weighted by Gasteiger charge is 2.52. The molecular weight excluding hydrogens is 1390 g/mol. The van der Waals surface area contributed by atoms with Crippen molar-refractivity contribution in [2.45, 2.75) is 109 Å². The van der Waals surface area contributed by atoms with Crippen LogP contribution < -0.4 is 10.6 Å². The zero-order chi connectivity index (χ0) is 70.3. The molecule has 6 heterocycles. The lowest BCUT2D eigenvalue weighted by Gasteiger charge is -2.42. The van der Waals surface area contributed by atoms with Gasteiger partial charge in [0.15, 0.2) is 39.3 Å². The monoisotopic (exact) mass is 1470 g/mol. The molecule has 34 heteroatoms. The van der Waals surface area contributed by atoms with Crippen LogP contribution in [0.25, 0.3) is 0 Å². The van der Waals surface area contributed by atoms with Crippen LogP contribution in [-0.4, -0.2) is 211 Å². The number of piperidine rings is 4. The van der Waals surface area contributed by atoms with Gasteiger partial charge in [-0.3, -0.25) is 14.9 Å². The zero-order valence-electron chi connectivity index (χ0n) is 52.7. The number of sulfonamides is 4. The van der Waals surface area contributed by atoms with Gasteiger partial charge in [-0.2, -0.15) is 17.2 Å². The lowest BCUT2D eigenvalue weighted by Crippen LogP contribution is -2.55. The van der Waals surface area contributed by atoms with Gasteiger partial charge < -0.3 is 14.8 Å². The number of ketones is 2. The summed E-state index contributed by atoms with van der Waals surface area (Å²) in [7, 11) is -28.9. The summed E-state index contributed by atoms with van der Waals surface area (Å²) in [5.41, 5.74) is -1.60. The number of hydrogen-bond donors (Lipinski definition) is 2. The van der Waals surface area contributed by atoms with Crippen LogP contribution in [-0.2, 0) is 98.5 Å². The lowest BCUT2D eigenvalue weighted by atomic mass is 10.0. The fourth-order valence-corrected chi connectivity index (χ4v) is 18.8. The average molecular weight is 1470 g/mol. The van der Waals surface area contributed by atoms with Crippen LogP contribution in [0.5, 0.6) is 0 Å². The van der Waals surface area contributed by atoms with E-state index >= 15 is 0 Å². The van der Waals surface area contributed by atoms with E-state index in [1.54, 1.807) is 6.92 Å². The number of nitrogens with one attached hydrogen (secondary N) is 2. The molecule has 0 amide bonds. The number of Topliss-reactive ketones (excluding diaryl/α,β-unsaturated/α-hetero) is 2. The van der Waals surface area contributed by atoms with Gasteiger partial charge in [-0.15, -0.1) is 6.42 Å². The Labute approximate surface area is 558 Å². The molecule has 2 spiro atoms. The molecule has 516 valence electrons. The van der Waals surface area contributed by atoms with Crippen LogP contribution >= 0.6 is 0 Å². The van der Waals surface area contributed by atoms with Crippen molar-refractivity contribution in [2.24, 2.45) is 0 Å². The SMILES string of the molecule is C#CC#CC#CC#CC.CS(=O)(=O)c1ccc(S(=O)(=O)N2CCC(=O)CC2)cc1.CS(=O)(=O)c1ccc(S(=O)(=O)N2CCC3(CC2)NCCO3)cc1.CS(=O)(=O)c1ccc(S(=O)(=O)N2CCC3(CC2)OCCN3S(=O)(=O)c2ccc(S(C)(=O)=O)cc2)cc1.O=C1CCNCC1. The average Bonchev–Trinajstić information content (AvgIpc) is 1.71. The first-order valence-electron chi connectivity index (χ1n) is 29.2. The first kappa shape index (κ1) is 77.7. The first-order chi connectivity index (χ1) is 44.3. The van der Waals surface area contributed by atoms with Crippen LogP contribution in [0.4, 0.5) is 0 Å². The van der Waals surface area contributed by atoms with Gasteiger partial charge in [0.05, 0.1) is 52.4 Å². The highest BCUT2D eigenvalue weighted by atomic mass is 32.2. The number of hydrogen-bond acceptors (Lipinski definition) is 22. The van der Waals surface area contributed by atoms with E-state index in [0.717, 1.165) is 57.5 Å². The maximum atomic E-state index is 13.4. The van der Waals surface area contributed by atoms with Crippen molar-refractivity contribution in [3.05, 3.63) is 97.1 Å². The highest BCUT2D eigenvalue weighted by Crippen LogP contribution is 2.40. The van der Waals surface area contributed by atoms with Gasteiger partial charge >= 0.3 is 0 Å². The van der Waals surface area contributed by atoms with E-state index in [1.807, 2.05) is 0 Å². The first-order valence-corrected chi connectivity index (χ1v) is 42.5. The van der Waals surface area contributed by atoms with Crippen molar-refractivity contribution in [2.75, 3.05) is 104 Å². The number of nitrogens with zero attached hydrogens (tertiary/aromatic N) is 4. The summed E-state index contributed by atoms with van der Waals surface area (Å²) in [6, 6.07) is 20.3. The maximum Gasteiger partial charge on any atom is 0.245 e. The number of carbonyl (C=O) groups is 2. The molecule has 2 N–H and O–H groups in total. The Kier molecular flexibility index (Phi) is 26.5. The molecule has 0 radical (unpaired) electrons. The third-order valence-corrected chi connectivity index (χ3v) is 27.7. The minimum absolute atomic E-state index is 0.00285. The smallest absolute Gasteiger partial charge is 0.245 e. The second kappa shape index (κ2) is 32.4. The van der Waals surface area contributed by atoms with Crippen LogP contribution in [0.3, 0.4) is 0 Å². The van der Waals surface area contributed by atoms with Crippen molar-refractivity contribution < 1.29 is 86.4 Å². The number of sulfone groups is 4. The van der Waals surface area contributed by atoms with Gasteiger partial charge in [0.2, 0.25) is 40.1 Å². The van der Waals surface area contributed by atoms with Gasteiger partial charge in [0.25, 0.3) is 0 Å². The van der Waals surface area contributed by atoms with E-state index in [9.17, 15) is 76.9 Å². The van der Waals surface area contributed by atoms with E-state index in [0.29, 0.717) is 38.3 Å². The summed E-state index contributed by atoms with van der Waals surface area (Å²) in [4.78, 5) is 21.8. The highest BCUT2D eigenvalue weighted by molar-refractivity contribution is 7.92. The van der Waals surface area contributed by atoms with Crippen molar-refractivity contribution in [1.82, 2.24) is 27.9 Å². The Balaban J connectivity index is 0.000000209. The number of terminal acetylenes is 1. The van der Waals surface area contributed by atoms with Crippen LogP contribution in [0.2, 0.25) is 0 Å². The van der Waals surface area contributed by atoms with Crippen LogP contribution in [0.15, 0.2) is 136 Å². The molecule has 4 aromatic carbocycles. The molecule has 0 unspecified atom stereocenters. The van der Waals surface area contributed by atoms with Gasteiger partial charge in [0, 0.05) is 142 Å². The second-order valence-corrected chi connectivity index (χ2v) is 37.9. The third-order valence-electron chi connectivity index (χ3n) is 15.5. The van der Waals surface area contributed by atoms with E-state index in [4.69, 9.17) is 15.9 Å². The predicted molar refractivity (Wildman–Crippen MR) is 351 cm³/mol. The van der Waals surface area contributed by atoms with E-state index in [-0.39, 0.29) is 116 Å². The molecule has 10 rings (SSSR count). The summed E-state index contributed by atoms with van der Waals surface area (Å²) >= 11 is 0. The fraction of sp³-hybridized carbons (Fsp3) is 0.443. The van der Waals surface area contributed by atoms with Crippen molar-refractivity contribution in [3.8, 4) is 47.9 Å². The molecule has 6 fully saturated rings. The molecule has 0 saturated carbocycles. The minimum Gasteiger partial charge on any atom is -0.359 e. The number of benzene rings is 4. The number of carbonyl (C=O) groups excluding carboxylic acids is 2. The van der Waals surface area contributed by atoms with Gasteiger partial charge in [0.1, 0.15) is 23.0 Å². The quantitative estimate of drug-likeness (QED) is 0.191. The zero-order valence-corrected chi connectivity index (χ0v) is 59.2. The van der Waals surface area contributed by atoms with Gasteiger partial charge in [-0.05, 0) is 140 Å². The maximum absolute atomic E-state index is 13.4. The molecule has 0 aliphatic carbocycles. The third kappa shape index (κ3) is 20.9. The van der Waals surface area contributed by atoms with Gasteiger partial charge in [-0.25, -0.2) is 67.3 Å². The number of ether oxygens (including phenoxy) is 2. The van der Waals surface area contributed by atoms with Crippen molar-refractivity contribution in [1.29, 1.82) is 0 Å². The fourth-order valence-electron chi connectivity index (χ4n) is 10.3. The van der Waals surface area contributed by atoms with Crippen LogP contribution in [0.1, 0.15) is 58.3 Å². The minimum atomic E-state index is -4.04. The van der Waals surface area contributed by atoms with E-state index in [1.165, 1.54) is 114 Å². The summed E-state index contributed by atoms with van der Waals surface area (Å²) in [6.45, 7) is 6.25. The Morgan fingerprint density at radius 2 is 0.716 bits per heavy atom. The Morgan fingerprint density at radius 1 is 0.389 bits per heavy atom. The molecule has 0 atom stereocenters.